The van der Waals surface area contributed by atoms with Crippen molar-refractivity contribution in [3.63, 3.8) is 0 Å². The van der Waals surface area contributed by atoms with Gasteiger partial charge in [-0.2, -0.15) is 0 Å². The molecule has 0 aromatic heterocycles. The van der Waals surface area contributed by atoms with E-state index in [1.807, 2.05) is 13.8 Å². The van der Waals surface area contributed by atoms with Crippen molar-refractivity contribution in [2.24, 2.45) is 0 Å². The molecule has 1 aliphatic heterocycles. The standard InChI is InChI=1S/C18H30O5/c1-4-7-8-11-16(5-2,6-3)22-15(21)18-13-10-9-12-17(18,23-18)14(19)20/h4-13H2,1-3H3,(H,19,20). The number of aliphatic carboxylic acids is 1. The smallest absolute Gasteiger partial charge is 0.342 e. The van der Waals surface area contributed by atoms with Gasteiger partial charge in [-0.3, -0.25) is 0 Å². The number of carbonyl (C=O) groups is 2. The zero-order chi connectivity index (χ0) is 17.1. The highest BCUT2D eigenvalue weighted by Gasteiger charge is 2.81. The highest BCUT2D eigenvalue weighted by molar-refractivity contribution is 5.97. The Morgan fingerprint density at radius 3 is 2.22 bits per heavy atom. The molecule has 1 N–H and O–H groups in total. The van der Waals surface area contributed by atoms with Crippen LogP contribution in [0.25, 0.3) is 0 Å². The Morgan fingerprint density at radius 2 is 1.70 bits per heavy atom. The van der Waals surface area contributed by atoms with Crippen LogP contribution in [0.5, 0.6) is 0 Å². The number of epoxide rings is 1. The first-order valence-corrected chi connectivity index (χ1v) is 9.09. The molecule has 1 saturated carbocycles. The lowest BCUT2D eigenvalue weighted by Crippen LogP contribution is -2.46. The first-order chi connectivity index (χ1) is 10.9. The molecule has 2 atom stereocenters. The second-order valence-electron chi connectivity index (χ2n) is 7.01. The quantitative estimate of drug-likeness (QED) is 0.396. The number of carboxylic acids is 1. The highest BCUT2D eigenvalue weighted by atomic mass is 16.7. The Balaban J connectivity index is 2.11. The van der Waals surface area contributed by atoms with Crippen LogP contribution < -0.4 is 0 Å². The van der Waals surface area contributed by atoms with E-state index in [-0.39, 0.29) is 0 Å². The number of carboxylic acid groups (broad SMARTS) is 1. The number of esters is 1. The van der Waals surface area contributed by atoms with Crippen LogP contribution in [-0.4, -0.2) is 33.8 Å². The molecule has 2 fully saturated rings. The van der Waals surface area contributed by atoms with Crippen molar-refractivity contribution in [1.29, 1.82) is 0 Å². The molecular weight excluding hydrogens is 296 g/mol. The monoisotopic (exact) mass is 326 g/mol. The van der Waals surface area contributed by atoms with Crippen LogP contribution in [0.2, 0.25) is 0 Å². The van der Waals surface area contributed by atoms with Crippen LogP contribution in [0.1, 0.15) is 85.0 Å². The number of ether oxygens (including phenoxy) is 2. The predicted molar refractivity (Wildman–Crippen MR) is 86.2 cm³/mol. The van der Waals surface area contributed by atoms with Gasteiger partial charge in [0.15, 0.2) is 0 Å². The summed E-state index contributed by atoms with van der Waals surface area (Å²) in [7, 11) is 0. The van der Waals surface area contributed by atoms with E-state index in [4.69, 9.17) is 9.47 Å². The van der Waals surface area contributed by atoms with Crippen LogP contribution in [0.15, 0.2) is 0 Å². The summed E-state index contributed by atoms with van der Waals surface area (Å²) in [4.78, 5) is 24.4. The van der Waals surface area contributed by atoms with E-state index < -0.39 is 28.7 Å². The van der Waals surface area contributed by atoms with Gasteiger partial charge in [0, 0.05) is 0 Å². The SMILES string of the molecule is CCCCCC(CC)(CC)OC(=O)C12CCCCC1(C(=O)O)O2. The van der Waals surface area contributed by atoms with Crippen molar-refractivity contribution >= 4 is 11.9 Å². The summed E-state index contributed by atoms with van der Waals surface area (Å²) < 4.78 is 11.5. The fraction of sp³-hybridized carbons (Fsp3) is 0.889. The molecule has 132 valence electrons. The van der Waals surface area contributed by atoms with Crippen molar-refractivity contribution in [2.75, 3.05) is 0 Å². The summed E-state index contributed by atoms with van der Waals surface area (Å²) >= 11 is 0. The third-order valence-electron chi connectivity index (χ3n) is 5.78. The molecular formula is C18H30O5. The lowest BCUT2D eigenvalue weighted by molar-refractivity contribution is -0.169. The number of hydrogen-bond donors (Lipinski definition) is 1. The molecule has 2 rings (SSSR count). The summed E-state index contributed by atoms with van der Waals surface area (Å²) in [6.45, 7) is 6.20. The first-order valence-electron chi connectivity index (χ1n) is 9.09. The number of unbranched alkanes of at least 4 members (excludes halogenated alkanes) is 2. The molecule has 23 heavy (non-hydrogen) atoms. The average Bonchev–Trinajstić information content (AvgIpc) is 3.26. The Hall–Kier alpha value is -1.10. The second-order valence-corrected chi connectivity index (χ2v) is 7.01. The van der Waals surface area contributed by atoms with Crippen molar-refractivity contribution in [3.8, 4) is 0 Å². The molecule has 2 unspecified atom stereocenters. The Morgan fingerprint density at radius 1 is 1.09 bits per heavy atom. The summed E-state index contributed by atoms with van der Waals surface area (Å²) in [5, 5.41) is 9.51. The summed E-state index contributed by atoms with van der Waals surface area (Å²) in [5.41, 5.74) is -3.06. The molecule has 1 aliphatic carbocycles. The van der Waals surface area contributed by atoms with Crippen LogP contribution in [-0.2, 0) is 19.1 Å². The highest BCUT2D eigenvalue weighted by Crippen LogP contribution is 2.59. The minimum Gasteiger partial charge on any atom is -0.479 e. The number of rotatable bonds is 9. The number of fused-ring (bicyclic) bond motifs is 1. The first kappa shape index (κ1) is 18.2. The van der Waals surface area contributed by atoms with Crippen molar-refractivity contribution in [3.05, 3.63) is 0 Å². The molecule has 0 amide bonds. The molecule has 0 bridgehead atoms. The summed E-state index contributed by atoms with van der Waals surface area (Å²) in [6, 6.07) is 0. The summed E-state index contributed by atoms with van der Waals surface area (Å²) in [5.74, 6) is -1.49. The zero-order valence-corrected chi connectivity index (χ0v) is 14.7. The van der Waals surface area contributed by atoms with Gasteiger partial charge in [0.1, 0.15) is 5.60 Å². The van der Waals surface area contributed by atoms with Crippen molar-refractivity contribution in [1.82, 2.24) is 0 Å². The lowest BCUT2D eigenvalue weighted by atomic mass is 9.79. The second kappa shape index (κ2) is 6.80. The number of carbonyl (C=O) groups excluding carboxylic acids is 1. The molecule has 5 nitrogen and oxygen atoms in total. The maximum absolute atomic E-state index is 12.8. The minimum atomic E-state index is -1.33. The minimum absolute atomic E-state index is 0.401. The Kier molecular flexibility index (Phi) is 5.39. The van der Waals surface area contributed by atoms with E-state index in [0.29, 0.717) is 12.8 Å². The van der Waals surface area contributed by atoms with Gasteiger partial charge >= 0.3 is 11.9 Å². The summed E-state index contributed by atoms with van der Waals surface area (Å²) in [6.07, 6.45) is 8.01. The molecule has 2 aliphatic rings. The molecule has 5 heteroatoms. The zero-order valence-electron chi connectivity index (χ0n) is 14.7. The molecule has 0 aromatic rings. The normalized spacial score (nSPS) is 29.7. The van der Waals surface area contributed by atoms with Gasteiger partial charge in [0.2, 0.25) is 11.2 Å². The van der Waals surface area contributed by atoms with Crippen LogP contribution in [0.3, 0.4) is 0 Å². The molecule has 0 radical (unpaired) electrons. The largest absolute Gasteiger partial charge is 0.479 e. The third kappa shape index (κ3) is 3.00. The van der Waals surface area contributed by atoms with E-state index in [9.17, 15) is 14.7 Å². The molecule has 1 heterocycles. The van der Waals surface area contributed by atoms with Gasteiger partial charge in [-0.15, -0.1) is 0 Å². The maximum Gasteiger partial charge on any atom is 0.342 e. The molecule has 0 spiro atoms. The Bertz CT molecular complexity index is 456. The van der Waals surface area contributed by atoms with Gasteiger partial charge in [0.05, 0.1) is 0 Å². The van der Waals surface area contributed by atoms with Crippen LogP contribution >= 0.6 is 0 Å². The van der Waals surface area contributed by atoms with E-state index in [0.717, 1.165) is 51.4 Å². The van der Waals surface area contributed by atoms with Gasteiger partial charge in [-0.25, -0.2) is 9.59 Å². The average molecular weight is 326 g/mol. The third-order valence-corrected chi connectivity index (χ3v) is 5.78. The van der Waals surface area contributed by atoms with Gasteiger partial charge in [-0.05, 0) is 51.4 Å². The van der Waals surface area contributed by atoms with E-state index >= 15 is 0 Å². The van der Waals surface area contributed by atoms with E-state index in [1.165, 1.54) is 0 Å². The van der Waals surface area contributed by atoms with E-state index in [2.05, 4.69) is 6.92 Å². The topological polar surface area (TPSA) is 76.1 Å². The maximum atomic E-state index is 12.8. The predicted octanol–water partition coefficient (Wildman–Crippen LogP) is 3.84. The van der Waals surface area contributed by atoms with Crippen LogP contribution in [0, 0.1) is 0 Å². The number of hydrogen-bond acceptors (Lipinski definition) is 4. The van der Waals surface area contributed by atoms with Crippen LogP contribution in [0.4, 0.5) is 0 Å². The van der Waals surface area contributed by atoms with Crippen molar-refractivity contribution in [2.45, 2.75) is 102 Å². The molecule has 0 aromatic carbocycles. The lowest BCUT2D eigenvalue weighted by Gasteiger charge is -2.34. The Labute approximate surface area is 138 Å². The van der Waals surface area contributed by atoms with Crippen molar-refractivity contribution < 1.29 is 24.2 Å². The molecule has 1 saturated heterocycles. The van der Waals surface area contributed by atoms with Gasteiger partial charge in [0.25, 0.3) is 0 Å². The van der Waals surface area contributed by atoms with Gasteiger partial charge in [-0.1, -0.05) is 33.6 Å². The van der Waals surface area contributed by atoms with E-state index in [1.54, 1.807) is 0 Å². The fourth-order valence-electron chi connectivity index (χ4n) is 3.93. The van der Waals surface area contributed by atoms with Gasteiger partial charge < -0.3 is 14.6 Å². The fourth-order valence-corrected chi connectivity index (χ4v) is 3.93.